The van der Waals surface area contributed by atoms with E-state index < -0.39 is 0 Å². The fourth-order valence-corrected chi connectivity index (χ4v) is 4.38. The Kier molecular flexibility index (Phi) is 10.8. The molecule has 1 aromatic heterocycles. The summed E-state index contributed by atoms with van der Waals surface area (Å²) in [7, 11) is 0. The lowest BCUT2D eigenvalue weighted by Crippen LogP contribution is -2.43. The van der Waals surface area contributed by atoms with Crippen LogP contribution in [0.15, 0.2) is 46.8 Å². The van der Waals surface area contributed by atoms with E-state index in [-0.39, 0.29) is 36.4 Å². The maximum absolute atomic E-state index is 12.3. The largest absolute Gasteiger partial charge is 0.357 e. The number of likely N-dealkylation sites (tertiary alicyclic amines) is 1. The van der Waals surface area contributed by atoms with Crippen molar-refractivity contribution in [2.45, 2.75) is 25.8 Å². The van der Waals surface area contributed by atoms with Crippen LogP contribution >= 0.6 is 35.3 Å². The minimum atomic E-state index is -0.185. The first kappa shape index (κ1) is 25.2. The van der Waals surface area contributed by atoms with Crippen LogP contribution in [0.1, 0.15) is 36.2 Å². The van der Waals surface area contributed by atoms with Gasteiger partial charge in [0, 0.05) is 29.2 Å². The zero-order valence-electron chi connectivity index (χ0n) is 17.8. The van der Waals surface area contributed by atoms with Crippen LogP contribution in [0.4, 0.5) is 5.69 Å². The molecule has 3 rings (SSSR count). The maximum atomic E-state index is 12.3. The number of benzene rings is 1. The second kappa shape index (κ2) is 13.3. The zero-order chi connectivity index (χ0) is 21.2. The summed E-state index contributed by atoms with van der Waals surface area (Å²) < 4.78 is 0. The fraction of sp³-hybridized carbons (Fsp3) is 0.391. The van der Waals surface area contributed by atoms with Gasteiger partial charge in [-0.3, -0.25) is 9.69 Å². The molecule has 6 nitrogen and oxygen atoms in total. The number of guanidine groups is 1. The van der Waals surface area contributed by atoms with Gasteiger partial charge in [-0.1, -0.05) is 18.1 Å². The molecule has 2 aromatic rings. The summed E-state index contributed by atoms with van der Waals surface area (Å²) in [5.41, 5.74) is 1.41. The van der Waals surface area contributed by atoms with Crippen molar-refractivity contribution in [3.05, 3.63) is 52.2 Å². The van der Waals surface area contributed by atoms with Crippen LogP contribution in [-0.4, -0.2) is 49.5 Å². The van der Waals surface area contributed by atoms with Crippen molar-refractivity contribution < 1.29 is 4.79 Å². The highest BCUT2D eigenvalue weighted by Crippen LogP contribution is 2.27. The Labute approximate surface area is 205 Å². The lowest BCUT2D eigenvalue weighted by Gasteiger charge is -2.27. The summed E-state index contributed by atoms with van der Waals surface area (Å²) in [5.74, 6) is 3.03. The summed E-state index contributed by atoms with van der Waals surface area (Å²) in [5, 5.41) is 11.6. The number of amides is 1. The van der Waals surface area contributed by atoms with Crippen molar-refractivity contribution in [1.82, 2.24) is 15.5 Å². The molecule has 1 unspecified atom stereocenters. The molecule has 3 N–H and O–H groups in total. The topological polar surface area (TPSA) is 68.8 Å². The molecule has 1 fully saturated rings. The van der Waals surface area contributed by atoms with Crippen molar-refractivity contribution in [3.63, 3.8) is 0 Å². The fourth-order valence-electron chi connectivity index (χ4n) is 3.52. The highest BCUT2D eigenvalue weighted by molar-refractivity contribution is 14.0. The summed E-state index contributed by atoms with van der Waals surface area (Å²) >= 11 is 1.79. The van der Waals surface area contributed by atoms with E-state index in [9.17, 15) is 4.79 Å². The Morgan fingerprint density at radius 1 is 1.26 bits per heavy atom. The number of anilines is 1. The lowest BCUT2D eigenvalue weighted by atomic mass is 10.2. The average molecular weight is 551 g/mol. The number of hydrogen-bond donors (Lipinski definition) is 3. The van der Waals surface area contributed by atoms with Crippen LogP contribution in [0.2, 0.25) is 0 Å². The molecule has 1 amide bonds. The number of hydrogen-bond acceptors (Lipinski definition) is 4. The van der Waals surface area contributed by atoms with Crippen LogP contribution in [0.25, 0.3) is 0 Å². The van der Waals surface area contributed by atoms with E-state index in [0.29, 0.717) is 17.7 Å². The minimum Gasteiger partial charge on any atom is -0.357 e. The average Bonchev–Trinajstić information content (AvgIpc) is 3.47. The van der Waals surface area contributed by atoms with Gasteiger partial charge in [0.1, 0.15) is 6.54 Å². The Balaban J connectivity index is 0.00000341. The second-order valence-corrected chi connectivity index (χ2v) is 8.10. The smallest absolute Gasteiger partial charge is 0.246 e. The lowest BCUT2D eigenvalue weighted by molar-refractivity contribution is -0.114. The van der Waals surface area contributed by atoms with Crippen LogP contribution in [0.3, 0.4) is 0 Å². The third-order valence-electron chi connectivity index (χ3n) is 4.95. The number of nitrogens with zero attached hydrogens (tertiary/aromatic N) is 2. The van der Waals surface area contributed by atoms with Crippen LogP contribution < -0.4 is 16.0 Å². The van der Waals surface area contributed by atoms with Crippen molar-refractivity contribution in [1.29, 1.82) is 0 Å². The van der Waals surface area contributed by atoms with Crippen molar-refractivity contribution in [2.24, 2.45) is 4.99 Å². The van der Waals surface area contributed by atoms with Gasteiger partial charge in [0.15, 0.2) is 5.96 Å². The number of halogens is 1. The van der Waals surface area contributed by atoms with E-state index in [4.69, 9.17) is 6.42 Å². The van der Waals surface area contributed by atoms with Crippen molar-refractivity contribution >= 4 is 52.9 Å². The molecule has 2 heterocycles. The first-order chi connectivity index (χ1) is 14.7. The maximum Gasteiger partial charge on any atom is 0.246 e. The number of carbonyl (C=O) groups is 1. The molecular weight excluding hydrogens is 521 g/mol. The molecule has 1 aromatic carbocycles. The SMILES string of the molecule is C#Cc1cccc(NC(=O)CN=C(NCC)NCC(c2cccs2)N2CCCC2)c1.I. The number of nitrogens with one attached hydrogen (secondary N) is 3. The number of terminal acetylenes is 1. The van der Waals surface area contributed by atoms with Crippen LogP contribution in [0.5, 0.6) is 0 Å². The molecular formula is C23H30IN5OS. The molecule has 1 saturated heterocycles. The number of aliphatic imine (C=N–C) groups is 1. The van der Waals surface area contributed by atoms with E-state index in [1.165, 1.54) is 17.7 Å². The summed E-state index contributed by atoms with van der Waals surface area (Å²) in [6.07, 6.45) is 7.91. The molecule has 166 valence electrons. The number of thiophene rings is 1. The van der Waals surface area contributed by atoms with Crippen LogP contribution in [0, 0.1) is 12.3 Å². The minimum absolute atomic E-state index is 0. The van der Waals surface area contributed by atoms with E-state index in [2.05, 4.69) is 49.3 Å². The molecule has 0 spiro atoms. The zero-order valence-corrected chi connectivity index (χ0v) is 20.9. The Morgan fingerprint density at radius 3 is 2.74 bits per heavy atom. The van der Waals surface area contributed by atoms with Crippen LogP contribution in [-0.2, 0) is 4.79 Å². The first-order valence-corrected chi connectivity index (χ1v) is 11.2. The summed E-state index contributed by atoms with van der Waals surface area (Å²) in [6, 6.07) is 11.8. The Bertz CT molecular complexity index is 888. The Hall–Kier alpha value is -2.09. The van der Waals surface area contributed by atoms with E-state index in [1.54, 1.807) is 17.4 Å². The van der Waals surface area contributed by atoms with Gasteiger partial charge in [-0.2, -0.15) is 0 Å². The molecule has 8 heteroatoms. The predicted molar refractivity (Wildman–Crippen MR) is 140 cm³/mol. The van der Waals surface area contributed by atoms with Gasteiger partial charge in [-0.15, -0.1) is 41.7 Å². The Morgan fingerprint density at radius 2 is 2.06 bits per heavy atom. The van der Waals surface area contributed by atoms with E-state index >= 15 is 0 Å². The van der Waals surface area contributed by atoms with Gasteiger partial charge in [0.2, 0.25) is 5.91 Å². The predicted octanol–water partition coefficient (Wildman–Crippen LogP) is 3.68. The van der Waals surface area contributed by atoms with Gasteiger partial charge in [0.25, 0.3) is 0 Å². The molecule has 1 atom stereocenters. The van der Waals surface area contributed by atoms with Gasteiger partial charge in [-0.05, 0) is 62.5 Å². The van der Waals surface area contributed by atoms with E-state index in [0.717, 1.165) is 31.7 Å². The highest BCUT2D eigenvalue weighted by atomic mass is 127. The number of rotatable bonds is 8. The molecule has 1 aliphatic rings. The highest BCUT2D eigenvalue weighted by Gasteiger charge is 2.24. The van der Waals surface area contributed by atoms with Gasteiger partial charge in [-0.25, -0.2) is 4.99 Å². The molecule has 1 aliphatic heterocycles. The van der Waals surface area contributed by atoms with Crippen molar-refractivity contribution in [2.75, 3.05) is 38.0 Å². The summed E-state index contributed by atoms with van der Waals surface area (Å²) in [6.45, 7) is 5.76. The summed E-state index contributed by atoms with van der Waals surface area (Å²) in [4.78, 5) is 20.7. The molecule has 0 bridgehead atoms. The van der Waals surface area contributed by atoms with Gasteiger partial charge in [0.05, 0.1) is 6.04 Å². The van der Waals surface area contributed by atoms with Crippen molar-refractivity contribution in [3.8, 4) is 12.3 Å². The van der Waals surface area contributed by atoms with Gasteiger partial charge >= 0.3 is 0 Å². The second-order valence-electron chi connectivity index (χ2n) is 7.12. The molecule has 0 radical (unpaired) electrons. The third-order valence-corrected chi connectivity index (χ3v) is 5.93. The third kappa shape index (κ3) is 7.83. The van der Waals surface area contributed by atoms with Gasteiger partial charge < -0.3 is 16.0 Å². The molecule has 0 saturated carbocycles. The monoisotopic (exact) mass is 551 g/mol. The van der Waals surface area contributed by atoms with E-state index in [1.807, 2.05) is 25.1 Å². The normalized spacial score (nSPS) is 14.9. The molecule has 31 heavy (non-hydrogen) atoms. The first-order valence-electron chi connectivity index (χ1n) is 10.4. The quantitative estimate of drug-likeness (QED) is 0.203. The standard InChI is InChI=1S/C23H29N5OS.HI/c1-3-18-9-7-10-19(15-18)27-22(29)17-26-23(24-4-2)25-16-20(21-11-8-14-30-21)28-12-5-6-13-28;/h1,7-11,14-15,20H,4-6,12-13,16-17H2,2H3,(H,27,29)(H2,24,25,26);1H. The molecule has 0 aliphatic carbocycles. The number of carbonyl (C=O) groups excluding carboxylic acids is 1.